The molecule has 2 N–H and O–H groups in total. The molecule has 0 radical (unpaired) electrons. The van der Waals surface area contributed by atoms with E-state index in [0.29, 0.717) is 21.3 Å². The number of carboxylic acid groups (broad SMARTS) is 1. The van der Waals surface area contributed by atoms with Gasteiger partial charge in [0.05, 0.1) is 22.8 Å². The van der Waals surface area contributed by atoms with Crippen molar-refractivity contribution in [2.45, 2.75) is 11.9 Å². The molecule has 0 saturated carbocycles. The van der Waals surface area contributed by atoms with Crippen LogP contribution in [0.5, 0.6) is 0 Å². The van der Waals surface area contributed by atoms with E-state index in [4.69, 9.17) is 28.3 Å². The number of nitrogens with one attached hydrogen (secondary N) is 1. The summed E-state index contributed by atoms with van der Waals surface area (Å²) in [6.45, 7) is -0.00670. The number of halogens is 2. The Morgan fingerprint density at radius 3 is 2.69 bits per heavy atom. The fraction of sp³-hybridized carbons (Fsp3) is 0.118. The second kappa shape index (κ2) is 7.57. The van der Waals surface area contributed by atoms with E-state index in [-0.39, 0.29) is 12.1 Å². The van der Waals surface area contributed by atoms with Crippen molar-refractivity contribution < 1.29 is 19.5 Å². The summed E-state index contributed by atoms with van der Waals surface area (Å²) in [4.78, 5) is 36.9. The third-order valence-electron chi connectivity index (χ3n) is 3.66. The molecular weight excluding hydrogens is 399 g/mol. The lowest BCUT2D eigenvalue weighted by Gasteiger charge is -2.16. The molecule has 1 fully saturated rings. The monoisotopic (exact) mass is 410 g/mol. The Hall–Kier alpha value is -2.22. The minimum atomic E-state index is -1.07. The van der Waals surface area contributed by atoms with Crippen LogP contribution < -0.4 is 5.32 Å². The first-order chi connectivity index (χ1) is 12.3. The summed E-state index contributed by atoms with van der Waals surface area (Å²) in [5.74, 6) is -1.51. The minimum absolute atomic E-state index is 0.00670. The molecule has 1 unspecified atom stereocenters. The Bertz CT molecular complexity index is 906. The zero-order chi connectivity index (χ0) is 18.8. The molecule has 26 heavy (non-hydrogen) atoms. The zero-order valence-electron chi connectivity index (χ0n) is 13.1. The lowest BCUT2D eigenvalue weighted by atomic mass is 10.1. The quantitative estimate of drug-likeness (QED) is 0.762. The Kier molecular flexibility index (Phi) is 5.41. The van der Waals surface area contributed by atoms with Crippen molar-refractivity contribution in [2.24, 2.45) is 0 Å². The molecule has 0 spiro atoms. The fourth-order valence-corrected chi connectivity index (χ4v) is 3.66. The van der Waals surface area contributed by atoms with Gasteiger partial charge in [-0.05, 0) is 47.7 Å². The van der Waals surface area contributed by atoms with Crippen LogP contribution in [0.2, 0.25) is 10.0 Å². The number of thioether (sulfide) groups is 1. The van der Waals surface area contributed by atoms with Gasteiger partial charge in [0.15, 0.2) is 5.37 Å². The third-order valence-corrected chi connectivity index (χ3v) is 5.20. The Morgan fingerprint density at radius 2 is 1.96 bits per heavy atom. The number of amides is 2. The van der Waals surface area contributed by atoms with Crippen molar-refractivity contribution in [1.82, 2.24) is 4.90 Å². The molecule has 0 bridgehead atoms. The van der Waals surface area contributed by atoms with Gasteiger partial charge in [-0.2, -0.15) is 0 Å². The van der Waals surface area contributed by atoms with Gasteiger partial charge in [-0.25, -0.2) is 4.79 Å². The van der Waals surface area contributed by atoms with E-state index in [1.807, 2.05) is 0 Å². The SMILES string of the molecule is O=C(O)c1cccc(CN2C(=O)SC(Nc3cc(Cl)ccc3Cl)C2=O)c1. The minimum Gasteiger partial charge on any atom is -0.478 e. The highest BCUT2D eigenvalue weighted by Gasteiger charge is 2.39. The highest BCUT2D eigenvalue weighted by Crippen LogP contribution is 2.33. The van der Waals surface area contributed by atoms with E-state index in [2.05, 4.69) is 5.32 Å². The summed E-state index contributed by atoms with van der Waals surface area (Å²) in [6.07, 6.45) is 0. The molecule has 1 aliphatic rings. The number of carbonyl (C=O) groups is 3. The first kappa shape index (κ1) is 18.6. The van der Waals surface area contributed by atoms with Gasteiger partial charge >= 0.3 is 5.97 Å². The number of carbonyl (C=O) groups excluding carboxylic acids is 2. The van der Waals surface area contributed by atoms with E-state index in [9.17, 15) is 14.4 Å². The number of anilines is 1. The summed E-state index contributed by atoms with van der Waals surface area (Å²) in [5.41, 5.74) is 1.09. The van der Waals surface area contributed by atoms with Crippen molar-refractivity contribution in [3.8, 4) is 0 Å². The molecule has 2 aromatic carbocycles. The molecule has 2 aromatic rings. The largest absolute Gasteiger partial charge is 0.478 e. The lowest BCUT2D eigenvalue weighted by Crippen LogP contribution is -2.34. The third kappa shape index (κ3) is 3.95. The average Bonchev–Trinajstić information content (AvgIpc) is 2.86. The highest BCUT2D eigenvalue weighted by atomic mass is 35.5. The van der Waals surface area contributed by atoms with Gasteiger partial charge in [-0.15, -0.1) is 0 Å². The lowest BCUT2D eigenvalue weighted by molar-refractivity contribution is -0.126. The topological polar surface area (TPSA) is 86.7 Å². The van der Waals surface area contributed by atoms with Crippen LogP contribution in [-0.2, 0) is 11.3 Å². The number of hydrogen-bond acceptors (Lipinski definition) is 5. The Morgan fingerprint density at radius 1 is 1.19 bits per heavy atom. The number of aromatic carboxylic acids is 1. The number of imide groups is 1. The number of hydrogen-bond donors (Lipinski definition) is 2. The van der Waals surface area contributed by atoms with Crippen LogP contribution in [-0.4, -0.2) is 32.5 Å². The summed E-state index contributed by atoms with van der Waals surface area (Å²) >= 11 is 12.8. The van der Waals surface area contributed by atoms with Crippen LogP contribution in [0.1, 0.15) is 15.9 Å². The number of benzene rings is 2. The Labute approximate surface area is 163 Å². The standard InChI is InChI=1S/C17H12Cl2N2O4S/c18-11-4-5-12(19)13(7-11)20-14-15(22)21(17(25)26-14)8-9-2-1-3-10(6-9)16(23)24/h1-7,14,20H,8H2,(H,23,24). The smallest absolute Gasteiger partial charge is 0.335 e. The van der Waals surface area contributed by atoms with Gasteiger partial charge in [0.25, 0.3) is 11.1 Å². The first-order valence-electron chi connectivity index (χ1n) is 7.41. The van der Waals surface area contributed by atoms with Crippen molar-refractivity contribution in [3.05, 3.63) is 63.6 Å². The normalized spacial score (nSPS) is 16.8. The van der Waals surface area contributed by atoms with E-state index in [0.717, 1.165) is 16.7 Å². The molecule has 9 heteroatoms. The van der Waals surface area contributed by atoms with Gasteiger partial charge in [-0.1, -0.05) is 35.3 Å². The maximum absolute atomic E-state index is 12.6. The molecule has 6 nitrogen and oxygen atoms in total. The molecule has 2 amide bonds. The number of nitrogens with zero attached hydrogens (tertiary/aromatic N) is 1. The van der Waals surface area contributed by atoms with Crippen molar-refractivity contribution in [1.29, 1.82) is 0 Å². The fourth-order valence-electron chi connectivity index (χ4n) is 2.41. The van der Waals surface area contributed by atoms with Crippen molar-refractivity contribution in [2.75, 3.05) is 5.32 Å². The maximum Gasteiger partial charge on any atom is 0.335 e. The van der Waals surface area contributed by atoms with E-state index in [1.165, 1.54) is 12.1 Å². The average molecular weight is 411 g/mol. The highest BCUT2D eigenvalue weighted by molar-refractivity contribution is 8.15. The molecule has 3 rings (SSSR count). The van der Waals surface area contributed by atoms with Gasteiger partial charge in [-0.3, -0.25) is 14.5 Å². The van der Waals surface area contributed by atoms with Crippen LogP contribution in [0.15, 0.2) is 42.5 Å². The molecular formula is C17H12Cl2N2O4S. The predicted molar refractivity (Wildman–Crippen MR) is 101 cm³/mol. The number of rotatable bonds is 5. The van der Waals surface area contributed by atoms with E-state index in [1.54, 1.807) is 30.3 Å². The van der Waals surface area contributed by atoms with Gasteiger partial charge in [0.2, 0.25) is 0 Å². The second-order valence-corrected chi connectivity index (χ2v) is 7.36. The van der Waals surface area contributed by atoms with E-state index < -0.39 is 22.5 Å². The summed E-state index contributed by atoms with van der Waals surface area (Å²) < 4.78 is 0. The molecule has 0 aliphatic carbocycles. The van der Waals surface area contributed by atoms with Crippen molar-refractivity contribution in [3.63, 3.8) is 0 Å². The van der Waals surface area contributed by atoms with Gasteiger partial charge < -0.3 is 10.4 Å². The predicted octanol–water partition coefficient (Wildman–Crippen LogP) is 4.33. The zero-order valence-corrected chi connectivity index (χ0v) is 15.4. The summed E-state index contributed by atoms with van der Waals surface area (Å²) in [6, 6.07) is 10.9. The second-order valence-electron chi connectivity index (χ2n) is 5.46. The van der Waals surface area contributed by atoms with Crippen LogP contribution in [0.3, 0.4) is 0 Å². The van der Waals surface area contributed by atoms with E-state index >= 15 is 0 Å². The maximum atomic E-state index is 12.6. The summed E-state index contributed by atoms with van der Waals surface area (Å²) in [5, 5.41) is 11.5. The molecule has 1 atom stereocenters. The molecule has 1 aliphatic heterocycles. The van der Waals surface area contributed by atoms with Crippen LogP contribution in [0, 0.1) is 0 Å². The van der Waals surface area contributed by atoms with Crippen molar-refractivity contribution >= 4 is 57.8 Å². The van der Waals surface area contributed by atoms with Gasteiger partial charge in [0, 0.05) is 5.02 Å². The first-order valence-corrected chi connectivity index (χ1v) is 9.04. The molecule has 1 heterocycles. The molecule has 0 aromatic heterocycles. The van der Waals surface area contributed by atoms with Gasteiger partial charge in [0.1, 0.15) is 0 Å². The van der Waals surface area contributed by atoms with Crippen LogP contribution in [0.4, 0.5) is 10.5 Å². The number of carboxylic acids is 1. The van der Waals surface area contributed by atoms with Crippen LogP contribution >= 0.6 is 35.0 Å². The van der Waals surface area contributed by atoms with Crippen LogP contribution in [0.25, 0.3) is 0 Å². The molecule has 134 valence electrons. The molecule has 1 saturated heterocycles. The summed E-state index contributed by atoms with van der Waals surface area (Å²) in [7, 11) is 0. The Balaban J connectivity index is 1.76.